The monoisotopic (exact) mass is 167 g/mol. The molecule has 0 amide bonds. The second kappa shape index (κ2) is 4.86. The van der Waals surface area contributed by atoms with Crippen LogP contribution in [-0.4, -0.2) is 12.4 Å². The maximum atomic E-state index is 12.8. The van der Waals surface area contributed by atoms with Crippen molar-refractivity contribution < 1.29 is 4.39 Å². The second-order valence-corrected chi connectivity index (χ2v) is 3.03. The lowest BCUT2D eigenvalue weighted by Gasteiger charge is -2.13. The van der Waals surface area contributed by atoms with Gasteiger partial charge in [0.15, 0.2) is 0 Å². The van der Waals surface area contributed by atoms with E-state index in [1.54, 1.807) is 12.2 Å². The van der Waals surface area contributed by atoms with E-state index in [1.807, 2.05) is 6.08 Å². The van der Waals surface area contributed by atoms with Crippen molar-refractivity contribution in [1.29, 1.82) is 5.41 Å². The molecule has 0 aromatic heterocycles. The molecule has 1 N–H and O–H groups in total. The normalized spacial score (nSPS) is 24.1. The van der Waals surface area contributed by atoms with Crippen molar-refractivity contribution in [3.63, 3.8) is 0 Å². The molecule has 0 fully saturated rings. The summed E-state index contributed by atoms with van der Waals surface area (Å²) in [5.74, 6) is 0. The standard InChI is InChI=1S/C10H14FN/c11-10-6-3-5-9(8-10)4-1-2-7-12/h1-2,7-8,10,12H,3-6H2/b2-1-,12-7?/t10-/m0/s1. The third-order valence-corrected chi connectivity index (χ3v) is 2.01. The minimum Gasteiger partial charge on any atom is -0.309 e. The highest BCUT2D eigenvalue weighted by Gasteiger charge is 2.10. The average molecular weight is 167 g/mol. The Morgan fingerprint density at radius 1 is 1.67 bits per heavy atom. The van der Waals surface area contributed by atoms with Gasteiger partial charge in [0, 0.05) is 6.21 Å². The molecular weight excluding hydrogens is 153 g/mol. The topological polar surface area (TPSA) is 23.9 Å². The summed E-state index contributed by atoms with van der Waals surface area (Å²) in [7, 11) is 0. The maximum absolute atomic E-state index is 12.8. The van der Waals surface area contributed by atoms with E-state index in [1.165, 1.54) is 11.8 Å². The van der Waals surface area contributed by atoms with E-state index in [4.69, 9.17) is 5.41 Å². The summed E-state index contributed by atoms with van der Waals surface area (Å²) >= 11 is 0. The number of halogens is 1. The van der Waals surface area contributed by atoms with Crippen molar-refractivity contribution in [2.24, 2.45) is 0 Å². The Balaban J connectivity index is 2.40. The average Bonchev–Trinajstić information content (AvgIpc) is 2.05. The fraction of sp³-hybridized carbons (Fsp3) is 0.500. The van der Waals surface area contributed by atoms with Crippen LogP contribution in [0.25, 0.3) is 0 Å². The Labute approximate surface area is 72.5 Å². The second-order valence-electron chi connectivity index (χ2n) is 3.03. The number of alkyl halides is 1. The molecular formula is C10H14FN. The smallest absolute Gasteiger partial charge is 0.119 e. The van der Waals surface area contributed by atoms with Gasteiger partial charge in [-0.15, -0.1) is 0 Å². The Kier molecular flexibility index (Phi) is 3.71. The van der Waals surface area contributed by atoms with E-state index in [0.29, 0.717) is 6.42 Å². The van der Waals surface area contributed by atoms with Crippen molar-refractivity contribution >= 4 is 6.21 Å². The Bertz CT molecular complexity index is 206. The molecule has 1 atom stereocenters. The number of hydrogen-bond acceptors (Lipinski definition) is 1. The van der Waals surface area contributed by atoms with Crippen molar-refractivity contribution in [3.8, 4) is 0 Å². The Morgan fingerprint density at radius 2 is 2.50 bits per heavy atom. The summed E-state index contributed by atoms with van der Waals surface area (Å²) in [5, 5.41) is 6.75. The van der Waals surface area contributed by atoms with Crippen LogP contribution in [0.4, 0.5) is 4.39 Å². The van der Waals surface area contributed by atoms with E-state index in [9.17, 15) is 4.39 Å². The summed E-state index contributed by atoms with van der Waals surface area (Å²) < 4.78 is 12.8. The minimum atomic E-state index is -0.734. The van der Waals surface area contributed by atoms with Crippen LogP contribution in [0.3, 0.4) is 0 Å². The molecule has 1 aliphatic rings. The van der Waals surface area contributed by atoms with Gasteiger partial charge in [-0.25, -0.2) is 4.39 Å². The molecule has 0 heterocycles. The number of nitrogens with one attached hydrogen (secondary N) is 1. The summed E-state index contributed by atoms with van der Waals surface area (Å²) in [5.41, 5.74) is 1.17. The van der Waals surface area contributed by atoms with Gasteiger partial charge in [0.1, 0.15) is 6.17 Å². The highest BCUT2D eigenvalue weighted by Crippen LogP contribution is 2.22. The molecule has 2 heteroatoms. The number of hydrogen-bond donors (Lipinski definition) is 1. The van der Waals surface area contributed by atoms with Crippen LogP contribution in [-0.2, 0) is 0 Å². The van der Waals surface area contributed by atoms with Gasteiger partial charge in [0.05, 0.1) is 0 Å². The van der Waals surface area contributed by atoms with Crippen molar-refractivity contribution in [3.05, 3.63) is 23.8 Å². The van der Waals surface area contributed by atoms with Gasteiger partial charge >= 0.3 is 0 Å². The van der Waals surface area contributed by atoms with E-state index in [2.05, 4.69) is 0 Å². The summed E-state index contributed by atoms with van der Waals surface area (Å²) in [6.45, 7) is 0. The Morgan fingerprint density at radius 3 is 3.17 bits per heavy atom. The maximum Gasteiger partial charge on any atom is 0.119 e. The molecule has 0 bridgehead atoms. The fourth-order valence-corrected chi connectivity index (χ4v) is 1.40. The molecule has 12 heavy (non-hydrogen) atoms. The predicted octanol–water partition coefficient (Wildman–Crippen LogP) is 3.03. The van der Waals surface area contributed by atoms with E-state index >= 15 is 0 Å². The Hall–Kier alpha value is -0.920. The highest BCUT2D eigenvalue weighted by atomic mass is 19.1. The molecule has 0 saturated carbocycles. The zero-order chi connectivity index (χ0) is 8.81. The molecule has 0 aromatic rings. The molecule has 1 aliphatic carbocycles. The molecule has 0 aliphatic heterocycles. The first-order valence-electron chi connectivity index (χ1n) is 4.32. The lowest BCUT2D eigenvalue weighted by molar-refractivity contribution is 0.355. The lowest BCUT2D eigenvalue weighted by Crippen LogP contribution is -2.03. The van der Waals surface area contributed by atoms with E-state index in [0.717, 1.165) is 19.3 Å². The molecule has 0 spiro atoms. The van der Waals surface area contributed by atoms with E-state index in [-0.39, 0.29) is 0 Å². The molecule has 66 valence electrons. The van der Waals surface area contributed by atoms with Gasteiger partial charge in [-0.3, -0.25) is 0 Å². The van der Waals surface area contributed by atoms with Gasteiger partial charge in [-0.05, 0) is 31.8 Å². The largest absolute Gasteiger partial charge is 0.309 e. The van der Waals surface area contributed by atoms with Gasteiger partial charge in [-0.1, -0.05) is 17.7 Å². The summed E-state index contributed by atoms with van der Waals surface area (Å²) in [6.07, 6.45) is 9.28. The summed E-state index contributed by atoms with van der Waals surface area (Å²) in [4.78, 5) is 0. The van der Waals surface area contributed by atoms with E-state index < -0.39 is 6.17 Å². The van der Waals surface area contributed by atoms with Gasteiger partial charge < -0.3 is 5.41 Å². The van der Waals surface area contributed by atoms with Crippen LogP contribution in [0.1, 0.15) is 25.7 Å². The van der Waals surface area contributed by atoms with Crippen LogP contribution < -0.4 is 0 Å². The van der Waals surface area contributed by atoms with Crippen molar-refractivity contribution in [1.82, 2.24) is 0 Å². The number of rotatable bonds is 3. The first kappa shape index (κ1) is 9.17. The van der Waals surface area contributed by atoms with Crippen molar-refractivity contribution in [2.45, 2.75) is 31.9 Å². The van der Waals surface area contributed by atoms with Crippen LogP contribution in [0.2, 0.25) is 0 Å². The molecule has 1 rings (SSSR count). The van der Waals surface area contributed by atoms with Gasteiger partial charge in [0.25, 0.3) is 0 Å². The third-order valence-electron chi connectivity index (χ3n) is 2.01. The van der Waals surface area contributed by atoms with Crippen LogP contribution in [0.15, 0.2) is 23.8 Å². The van der Waals surface area contributed by atoms with Crippen LogP contribution in [0.5, 0.6) is 0 Å². The SMILES string of the molecule is N=C/C=C\CC1=C[C@@H](F)CCC1. The molecule has 0 radical (unpaired) electrons. The zero-order valence-corrected chi connectivity index (χ0v) is 7.09. The predicted molar refractivity (Wildman–Crippen MR) is 49.4 cm³/mol. The van der Waals surface area contributed by atoms with Gasteiger partial charge in [0.2, 0.25) is 0 Å². The zero-order valence-electron chi connectivity index (χ0n) is 7.09. The molecule has 0 unspecified atom stereocenters. The lowest BCUT2D eigenvalue weighted by atomic mass is 9.96. The minimum absolute atomic E-state index is 0.678. The quantitative estimate of drug-likeness (QED) is 0.493. The molecule has 0 saturated heterocycles. The number of allylic oxidation sites excluding steroid dienone is 4. The molecule has 1 nitrogen and oxygen atoms in total. The first-order valence-corrected chi connectivity index (χ1v) is 4.32. The van der Waals surface area contributed by atoms with Crippen LogP contribution >= 0.6 is 0 Å². The van der Waals surface area contributed by atoms with Gasteiger partial charge in [-0.2, -0.15) is 0 Å². The summed E-state index contributed by atoms with van der Waals surface area (Å²) in [6, 6.07) is 0. The third kappa shape index (κ3) is 2.99. The first-order chi connectivity index (χ1) is 5.83. The van der Waals surface area contributed by atoms with Crippen molar-refractivity contribution in [2.75, 3.05) is 0 Å². The van der Waals surface area contributed by atoms with Crippen LogP contribution in [0, 0.1) is 5.41 Å². The fourth-order valence-electron chi connectivity index (χ4n) is 1.40. The highest BCUT2D eigenvalue weighted by molar-refractivity contribution is 5.67. The molecule has 0 aromatic carbocycles.